The molecule has 3 aliphatic rings. The second-order valence-corrected chi connectivity index (χ2v) is 8.64. The molecule has 1 aromatic carbocycles. The number of rotatable bonds is 4. The third kappa shape index (κ3) is 4.07. The van der Waals surface area contributed by atoms with E-state index in [0.29, 0.717) is 5.69 Å². The van der Waals surface area contributed by atoms with Crippen molar-refractivity contribution >= 4 is 23.4 Å². The monoisotopic (exact) mass is 400 g/mol. The molecule has 1 aliphatic heterocycles. The van der Waals surface area contributed by atoms with E-state index in [9.17, 15) is 18.8 Å². The maximum Gasteiger partial charge on any atom is 0.257 e. The topological polar surface area (TPSA) is 57.7 Å². The average molecular weight is 400 g/mol. The third-order valence-corrected chi connectivity index (χ3v) is 6.72. The summed E-state index contributed by atoms with van der Waals surface area (Å²) >= 11 is 0. The van der Waals surface area contributed by atoms with Gasteiger partial charge in [0.15, 0.2) is 0 Å². The van der Waals surface area contributed by atoms with Crippen LogP contribution in [0.1, 0.15) is 70.6 Å². The predicted molar refractivity (Wildman–Crippen MR) is 108 cm³/mol. The first-order chi connectivity index (χ1) is 14.1. The van der Waals surface area contributed by atoms with Gasteiger partial charge in [-0.1, -0.05) is 38.5 Å². The van der Waals surface area contributed by atoms with Gasteiger partial charge in [0, 0.05) is 12.0 Å². The number of amides is 3. The summed E-state index contributed by atoms with van der Waals surface area (Å²) in [6, 6.07) is 4.69. The van der Waals surface area contributed by atoms with Crippen LogP contribution in [0.4, 0.5) is 10.1 Å². The number of carbonyl (C=O) groups is 3. The van der Waals surface area contributed by atoms with Gasteiger partial charge in [-0.15, -0.1) is 0 Å². The van der Waals surface area contributed by atoms with E-state index in [-0.39, 0.29) is 36.1 Å². The zero-order chi connectivity index (χ0) is 20.4. The fraction of sp³-hybridized carbons (Fsp3) is 0.609. The Hall–Kier alpha value is -2.24. The molecule has 1 unspecified atom stereocenters. The molecule has 2 saturated carbocycles. The number of hydrogen-bond donors (Lipinski definition) is 0. The van der Waals surface area contributed by atoms with Crippen LogP contribution in [0.15, 0.2) is 24.3 Å². The molecule has 156 valence electrons. The maximum absolute atomic E-state index is 13.5. The van der Waals surface area contributed by atoms with Crippen molar-refractivity contribution in [3.05, 3.63) is 30.1 Å². The van der Waals surface area contributed by atoms with Gasteiger partial charge in [-0.3, -0.25) is 14.4 Å². The minimum Gasteiger partial charge on any atom is -0.327 e. The standard InChI is InChI=1S/C23H29FN2O3/c24-17-11-13-19(14-12-17)26-21(27)15-20(23(26)29)25(18-9-5-2-6-10-18)22(28)16-7-3-1-4-8-16/h11-14,16,18,20H,1-10,15H2. The van der Waals surface area contributed by atoms with Gasteiger partial charge in [0.1, 0.15) is 11.9 Å². The number of nitrogens with zero attached hydrogens (tertiary/aromatic N) is 2. The van der Waals surface area contributed by atoms with E-state index in [1.54, 1.807) is 4.90 Å². The van der Waals surface area contributed by atoms with Crippen molar-refractivity contribution < 1.29 is 18.8 Å². The Morgan fingerprint density at radius 2 is 1.48 bits per heavy atom. The summed E-state index contributed by atoms with van der Waals surface area (Å²) in [4.78, 5) is 42.5. The fourth-order valence-corrected chi connectivity index (χ4v) is 5.20. The van der Waals surface area contributed by atoms with Gasteiger partial charge in [0.05, 0.1) is 12.1 Å². The lowest BCUT2D eigenvalue weighted by Crippen LogP contribution is -2.53. The lowest BCUT2D eigenvalue weighted by Gasteiger charge is -2.40. The van der Waals surface area contributed by atoms with E-state index in [1.165, 1.54) is 24.3 Å². The molecule has 1 saturated heterocycles. The summed E-state index contributed by atoms with van der Waals surface area (Å²) in [5.41, 5.74) is 0.373. The molecule has 0 radical (unpaired) electrons. The zero-order valence-electron chi connectivity index (χ0n) is 16.8. The molecule has 0 bridgehead atoms. The second-order valence-electron chi connectivity index (χ2n) is 8.64. The molecule has 1 aromatic rings. The molecule has 0 spiro atoms. The van der Waals surface area contributed by atoms with Crippen LogP contribution >= 0.6 is 0 Å². The molecule has 6 heteroatoms. The minimum absolute atomic E-state index is 0.0190. The molecule has 0 N–H and O–H groups in total. The molecule has 2 aliphatic carbocycles. The highest BCUT2D eigenvalue weighted by atomic mass is 19.1. The summed E-state index contributed by atoms with van der Waals surface area (Å²) in [7, 11) is 0. The lowest BCUT2D eigenvalue weighted by atomic mass is 9.86. The molecule has 1 atom stereocenters. The van der Waals surface area contributed by atoms with Crippen molar-refractivity contribution in [3.63, 3.8) is 0 Å². The first kappa shape index (κ1) is 20.0. The number of benzene rings is 1. The summed E-state index contributed by atoms with van der Waals surface area (Å²) in [5, 5.41) is 0. The summed E-state index contributed by atoms with van der Waals surface area (Å²) in [6.07, 6.45) is 10.1. The largest absolute Gasteiger partial charge is 0.327 e. The van der Waals surface area contributed by atoms with E-state index >= 15 is 0 Å². The van der Waals surface area contributed by atoms with Gasteiger partial charge < -0.3 is 4.90 Å². The molecule has 3 fully saturated rings. The normalized spacial score (nSPS) is 24.2. The van der Waals surface area contributed by atoms with Crippen molar-refractivity contribution in [2.24, 2.45) is 5.92 Å². The Morgan fingerprint density at radius 3 is 2.10 bits per heavy atom. The average Bonchev–Trinajstić information content (AvgIpc) is 3.04. The highest BCUT2D eigenvalue weighted by Gasteiger charge is 2.47. The van der Waals surface area contributed by atoms with Gasteiger partial charge in [-0.2, -0.15) is 0 Å². The smallest absolute Gasteiger partial charge is 0.257 e. The lowest BCUT2D eigenvalue weighted by molar-refractivity contribution is -0.146. The number of carbonyl (C=O) groups excluding carboxylic acids is 3. The van der Waals surface area contributed by atoms with Crippen molar-refractivity contribution in [1.29, 1.82) is 0 Å². The Bertz CT molecular complexity index is 767. The van der Waals surface area contributed by atoms with Gasteiger partial charge in [-0.25, -0.2) is 9.29 Å². The van der Waals surface area contributed by atoms with Crippen LogP contribution in [-0.2, 0) is 14.4 Å². The number of hydrogen-bond acceptors (Lipinski definition) is 3. The van der Waals surface area contributed by atoms with Crippen LogP contribution < -0.4 is 4.90 Å². The molecular weight excluding hydrogens is 371 g/mol. The molecule has 4 rings (SSSR count). The summed E-state index contributed by atoms with van der Waals surface area (Å²) < 4.78 is 13.3. The van der Waals surface area contributed by atoms with Gasteiger partial charge in [0.2, 0.25) is 11.8 Å². The quantitative estimate of drug-likeness (QED) is 0.712. The van der Waals surface area contributed by atoms with Crippen molar-refractivity contribution in [2.45, 2.75) is 82.7 Å². The summed E-state index contributed by atoms with van der Waals surface area (Å²) in [5.74, 6) is -1.06. The highest BCUT2D eigenvalue weighted by Crippen LogP contribution is 2.34. The Morgan fingerprint density at radius 1 is 0.897 bits per heavy atom. The van der Waals surface area contributed by atoms with Gasteiger partial charge in [-0.05, 0) is 49.9 Å². The van der Waals surface area contributed by atoms with Gasteiger partial charge >= 0.3 is 0 Å². The van der Waals surface area contributed by atoms with E-state index in [4.69, 9.17) is 0 Å². The first-order valence-corrected chi connectivity index (χ1v) is 11.0. The van der Waals surface area contributed by atoms with E-state index in [2.05, 4.69) is 0 Å². The highest BCUT2D eigenvalue weighted by molar-refractivity contribution is 6.23. The third-order valence-electron chi connectivity index (χ3n) is 6.72. The number of halogens is 1. The predicted octanol–water partition coefficient (Wildman–Crippen LogP) is 4.20. The number of anilines is 1. The minimum atomic E-state index is -0.731. The van der Waals surface area contributed by atoms with Crippen LogP contribution in [0, 0.1) is 11.7 Å². The van der Waals surface area contributed by atoms with E-state index in [1.807, 2.05) is 0 Å². The van der Waals surface area contributed by atoms with Crippen molar-refractivity contribution in [3.8, 4) is 0 Å². The van der Waals surface area contributed by atoms with Crippen molar-refractivity contribution in [2.75, 3.05) is 4.90 Å². The molecular formula is C23H29FN2O3. The zero-order valence-corrected chi connectivity index (χ0v) is 16.8. The molecule has 29 heavy (non-hydrogen) atoms. The molecule has 5 nitrogen and oxygen atoms in total. The SMILES string of the molecule is O=C1CC(N(C(=O)C2CCCCC2)C2CCCCC2)C(=O)N1c1ccc(F)cc1. The summed E-state index contributed by atoms with van der Waals surface area (Å²) in [6.45, 7) is 0. The Labute approximate surface area is 171 Å². The van der Waals surface area contributed by atoms with Crippen LogP contribution in [-0.4, -0.2) is 34.7 Å². The Balaban J connectivity index is 1.61. The van der Waals surface area contributed by atoms with Gasteiger partial charge in [0.25, 0.3) is 5.91 Å². The maximum atomic E-state index is 13.5. The first-order valence-electron chi connectivity index (χ1n) is 11.0. The number of imide groups is 1. The van der Waals surface area contributed by atoms with E-state index < -0.39 is 11.9 Å². The van der Waals surface area contributed by atoms with E-state index in [0.717, 1.165) is 69.1 Å². The Kier molecular flexibility index (Phi) is 5.97. The fourth-order valence-electron chi connectivity index (χ4n) is 5.20. The molecule has 3 amide bonds. The van der Waals surface area contributed by atoms with Crippen LogP contribution in [0.2, 0.25) is 0 Å². The van der Waals surface area contributed by atoms with Crippen LogP contribution in [0.3, 0.4) is 0 Å². The van der Waals surface area contributed by atoms with Crippen LogP contribution in [0.25, 0.3) is 0 Å². The van der Waals surface area contributed by atoms with Crippen molar-refractivity contribution in [1.82, 2.24) is 4.90 Å². The van der Waals surface area contributed by atoms with Crippen LogP contribution in [0.5, 0.6) is 0 Å². The second kappa shape index (κ2) is 8.64. The molecule has 0 aromatic heterocycles. The molecule has 1 heterocycles.